The number of benzene rings is 1. The van der Waals surface area contributed by atoms with E-state index < -0.39 is 0 Å². The summed E-state index contributed by atoms with van der Waals surface area (Å²) in [6, 6.07) is 7.99. The Kier molecular flexibility index (Phi) is 4.35. The van der Waals surface area contributed by atoms with E-state index in [1.807, 2.05) is 12.1 Å². The van der Waals surface area contributed by atoms with Gasteiger partial charge >= 0.3 is 0 Å². The molecule has 0 spiro atoms. The topological polar surface area (TPSA) is 101 Å². The number of carbonyl (C=O) groups excluding carboxylic acids is 1. The molecule has 0 unspecified atom stereocenters. The van der Waals surface area contributed by atoms with Gasteiger partial charge in [0.05, 0.1) is 10.2 Å². The van der Waals surface area contributed by atoms with Crippen LogP contribution >= 0.6 is 11.3 Å². The van der Waals surface area contributed by atoms with Gasteiger partial charge in [-0.25, -0.2) is 4.98 Å². The van der Waals surface area contributed by atoms with Crippen LogP contribution in [0.3, 0.4) is 0 Å². The molecule has 0 saturated carbocycles. The van der Waals surface area contributed by atoms with Gasteiger partial charge in [-0.2, -0.15) is 0 Å². The molecule has 0 bridgehead atoms. The Labute approximate surface area is 170 Å². The van der Waals surface area contributed by atoms with Crippen molar-refractivity contribution in [1.82, 2.24) is 30.2 Å². The highest BCUT2D eigenvalue weighted by Gasteiger charge is 2.26. The van der Waals surface area contributed by atoms with Crippen LogP contribution in [0.5, 0.6) is 0 Å². The van der Waals surface area contributed by atoms with E-state index in [2.05, 4.69) is 61.8 Å². The summed E-state index contributed by atoms with van der Waals surface area (Å²) >= 11 is 1.53. The van der Waals surface area contributed by atoms with Crippen molar-refractivity contribution in [2.24, 2.45) is 5.92 Å². The third-order valence-electron chi connectivity index (χ3n) is 5.31. The van der Waals surface area contributed by atoms with Crippen LogP contribution in [0.2, 0.25) is 0 Å². The summed E-state index contributed by atoms with van der Waals surface area (Å²) in [5, 5.41) is 19.5. The molecular formula is C19H20N8OS. The van der Waals surface area contributed by atoms with Crippen molar-refractivity contribution in [2.45, 2.75) is 26.7 Å². The Bertz CT molecular complexity index is 1210. The minimum Gasteiger partial charge on any atom is -0.355 e. The Morgan fingerprint density at radius 1 is 1.21 bits per heavy atom. The third-order valence-corrected chi connectivity index (χ3v) is 6.22. The van der Waals surface area contributed by atoms with E-state index in [-0.39, 0.29) is 11.8 Å². The Morgan fingerprint density at radius 3 is 2.86 bits per heavy atom. The van der Waals surface area contributed by atoms with Crippen molar-refractivity contribution in [3.05, 3.63) is 35.4 Å². The number of fused-ring (bicyclic) bond motifs is 2. The van der Waals surface area contributed by atoms with Crippen LogP contribution in [0.1, 0.15) is 24.0 Å². The number of carbonyl (C=O) groups is 1. The maximum atomic E-state index is 12.8. The number of hydrogen-bond donors (Lipinski definition) is 1. The molecule has 3 aromatic heterocycles. The molecule has 1 aromatic carbocycles. The van der Waals surface area contributed by atoms with Gasteiger partial charge < -0.3 is 10.2 Å². The van der Waals surface area contributed by atoms with Gasteiger partial charge in [-0.15, -0.1) is 14.8 Å². The summed E-state index contributed by atoms with van der Waals surface area (Å²) < 4.78 is 2.53. The molecule has 1 N–H and O–H groups in total. The van der Waals surface area contributed by atoms with E-state index in [4.69, 9.17) is 0 Å². The van der Waals surface area contributed by atoms with Crippen LogP contribution in [-0.2, 0) is 4.79 Å². The smallest absolute Gasteiger partial charge is 0.229 e. The van der Waals surface area contributed by atoms with Crippen molar-refractivity contribution >= 4 is 44.1 Å². The fraction of sp³-hybridized carbons (Fsp3) is 0.368. The molecule has 5 rings (SSSR count). The van der Waals surface area contributed by atoms with E-state index in [1.54, 1.807) is 0 Å². The van der Waals surface area contributed by atoms with Crippen molar-refractivity contribution in [2.75, 3.05) is 23.3 Å². The van der Waals surface area contributed by atoms with Gasteiger partial charge in [0.2, 0.25) is 5.91 Å². The zero-order valence-corrected chi connectivity index (χ0v) is 17.0. The average molecular weight is 408 g/mol. The molecule has 1 aliphatic rings. The number of nitrogens with zero attached hydrogens (tertiary/aromatic N) is 7. The lowest BCUT2D eigenvalue weighted by molar-refractivity contribution is -0.120. The number of rotatable bonds is 3. The molecule has 0 atom stereocenters. The normalized spacial score (nSPS) is 15.3. The number of tetrazole rings is 1. The van der Waals surface area contributed by atoms with Crippen molar-refractivity contribution < 1.29 is 4.79 Å². The van der Waals surface area contributed by atoms with Crippen LogP contribution in [0.15, 0.2) is 24.3 Å². The summed E-state index contributed by atoms with van der Waals surface area (Å²) in [6.45, 7) is 5.65. The Morgan fingerprint density at radius 2 is 2.03 bits per heavy atom. The van der Waals surface area contributed by atoms with E-state index in [1.165, 1.54) is 21.5 Å². The molecular weight excluding hydrogens is 388 g/mol. The van der Waals surface area contributed by atoms with Gasteiger partial charge in [0, 0.05) is 19.0 Å². The minimum absolute atomic E-state index is 0.0298. The lowest BCUT2D eigenvalue weighted by atomic mass is 9.96. The molecule has 9 nitrogen and oxygen atoms in total. The standard InChI is InChI=1S/C19H20N8OS/c1-11-9-12(2)17-14(10-11)29-19(20-17)21-18(28)13-5-7-26(8-6-13)16-4-3-15-22-24-25-27(15)23-16/h3-4,9-10,13H,5-8H2,1-2H3,(H,20,21,28). The first-order valence-electron chi connectivity index (χ1n) is 9.56. The number of aromatic nitrogens is 6. The molecule has 29 heavy (non-hydrogen) atoms. The van der Waals surface area contributed by atoms with Gasteiger partial charge in [0.1, 0.15) is 0 Å². The Balaban J connectivity index is 1.24. The first-order valence-corrected chi connectivity index (χ1v) is 10.4. The molecule has 1 amide bonds. The van der Waals surface area contributed by atoms with Crippen LogP contribution in [0.25, 0.3) is 15.9 Å². The summed E-state index contributed by atoms with van der Waals surface area (Å²) in [5.74, 6) is 0.834. The SMILES string of the molecule is Cc1cc(C)c2nc(NC(=O)C3CCN(c4ccc5nnnn5n4)CC3)sc2c1. The number of hydrogen-bond acceptors (Lipinski definition) is 8. The second kappa shape index (κ2) is 7.03. The Hall–Kier alpha value is -3.14. The molecule has 148 valence electrons. The summed E-state index contributed by atoms with van der Waals surface area (Å²) in [7, 11) is 0. The molecule has 0 radical (unpaired) electrons. The van der Waals surface area contributed by atoms with Gasteiger partial charge in [-0.05, 0) is 66.4 Å². The molecule has 0 aliphatic carbocycles. The van der Waals surface area contributed by atoms with E-state index in [9.17, 15) is 4.79 Å². The zero-order chi connectivity index (χ0) is 20.0. The monoisotopic (exact) mass is 408 g/mol. The number of aryl methyl sites for hydroxylation is 2. The second-order valence-electron chi connectivity index (χ2n) is 7.42. The maximum absolute atomic E-state index is 12.8. The second-order valence-corrected chi connectivity index (χ2v) is 8.45. The highest BCUT2D eigenvalue weighted by molar-refractivity contribution is 7.22. The molecule has 4 heterocycles. The molecule has 1 fully saturated rings. The molecule has 4 aromatic rings. The van der Waals surface area contributed by atoms with Crippen LogP contribution in [-0.4, -0.2) is 49.2 Å². The first kappa shape index (κ1) is 17.9. The first-order chi connectivity index (χ1) is 14.1. The van der Waals surface area contributed by atoms with E-state index in [0.717, 1.165) is 47.5 Å². The van der Waals surface area contributed by atoms with Crippen molar-refractivity contribution in [3.63, 3.8) is 0 Å². The molecule has 1 saturated heterocycles. The molecule has 1 aliphatic heterocycles. The number of thiazole rings is 1. The third kappa shape index (κ3) is 3.39. The summed E-state index contributed by atoms with van der Waals surface area (Å²) in [6.07, 6.45) is 1.54. The maximum Gasteiger partial charge on any atom is 0.229 e. The predicted octanol–water partition coefficient (Wildman–Crippen LogP) is 2.60. The minimum atomic E-state index is -0.0298. The fourth-order valence-electron chi connectivity index (χ4n) is 3.81. The fourth-order valence-corrected chi connectivity index (χ4v) is 4.86. The highest BCUT2D eigenvalue weighted by Crippen LogP contribution is 2.30. The zero-order valence-electron chi connectivity index (χ0n) is 16.2. The van der Waals surface area contributed by atoms with E-state index >= 15 is 0 Å². The molecule has 10 heteroatoms. The van der Waals surface area contributed by atoms with Gasteiger partial charge in [0.25, 0.3) is 0 Å². The lowest BCUT2D eigenvalue weighted by Crippen LogP contribution is -2.38. The van der Waals surface area contributed by atoms with Crippen LogP contribution in [0.4, 0.5) is 10.9 Å². The number of amides is 1. The van der Waals surface area contributed by atoms with Crippen LogP contribution in [0, 0.1) is 19.8 Å². The van der Waals surface area contributed by atoms with Crippen molar-refractivity contribution in [1.29, 1.82) is 0 Å². The average Bonchev–Trinajstić information content (AvgIpc) is 3.34. The predicted molar refractivity (Wildman–Crippen MR) is 111 cm³/mol. The summed E-state index contributed by atoms with van der Waals surface area (Å²) in [4.78, 5) is 19.6. The number of anilines is 2. The largest absolute Gasteiger partial charge is 0.355 e. The summed E-state index contributed by atoms with van der Waals surface area (Å²) in [5.41, 5.74) is 3.92. The van der Waals surface area contributed by atoms with E-state index in [0.29, 0.717) is 10.8 Å². The highest BCUT2D eigenvalue weighted by atomic mass is 32.1. The van der Waals surface area contributed by atoms with Gasteiger partial charge in [-0.1, -0.05) is 17.4 Å². The quantitative estimate of drug-likeness (QED) is 0.556. The lowest BCUT2D eigenvalue weighted by Gasteiger charge is -2.31. The van der Waals surface area contributed by atoms with Gasteiger partial charge in [0.15, 0.2) is 16.6 Å². The van der Waals surface area contributed by atoms with Crippen LogP contribution < -0.4 is 10.2 Å². The van der Waals surface area contributed by atoms with Gasteiger partial charge in [-0.3, -0.25) is 4.79 Å². The van der Waals surface area contributed by atoms with Crippen molar-refractivity contribution in [3.8, 4) is 0 Å². The number of piperidine rings is 1. The number of nitrogens with one attached hydrogen (secondary N) is 1.